The van der Waals surface area contributed by atoms with Gasteiger partial charge in [0.25, 0.3) is 0 Å². The first-order chi connectivity index (χ1) is 32.5. The Morgan fingerprint density at radius 1 is 0.286 bits per heavy atom. The molecule has 0 fully saturated rings. The SMILES string of the molecule is [2H]c1c([2H])c([2H])c(-c2c([2H])c([2H])c([2H])c([2H])c2-c2c3c([2H])c([2H])c([2H])c([2H])c3c(-c3c([2H])c([2H])c([2H])c([2H])c3[2H])c3c([2H])c([2H])c(-c4c([2H])c([2H])c([2H])c5c([2H])c([2H])c([2H])c([2H])c45)c([2H])c23)c([2H])c1[2H]. The van der Waals surface area contributed by atoms with Crippen LogP contribution in [0.2, 0.25) is 0 Å². The second-order valence-corrected chi connectivity index (χ2v) is 8.75. The van der Waals surface area contributed by atoms with E-state index in [0.717, 1.165) is 0 Å². The summed E-state index contributed by atoms with van der Waals surface area (Å²) in [5, 5.41) is -4.78. The van der Waals surface area contributed by atoms with Crippen LogP contribution in [-0.4, -0.2) is 0 Å². The molecule has 0 unspecified atom stereocenters. The minimum absolute atomic E-state index is 0.666. The van der Waals surface area contributed by atoms with Crippen LogP contribution in [0, 0.1) is 0 Å². The number of rotatable bonds is 4. The molecular weight excluding hydrogens is 504 g/mol. The van der Waals surface area contributed by atoms with Crippen molar-refractivity contribution in [2.45, 2.75) is 0 Å². The summed E-state index contributed by atoms with van der Waals surface area (Å²) in [6.07, 6.45) is 0. The lowest BCUT2D eigenvalue weighted by molar-refractivity contribution is 1.60. The minimum Gasteiger partial charge on any atom is -0.0622 e. The average molecular weight is 561 g/mol. The van der Waals surface area contributed by atoms with Gasteiger partial charge in [0.05, 0.1) is 38.4 Å². The lowest BCUT2D eigenvalue weighted by Gasteiger charge is -2.20. The highest BCUT2D eigenvalue weighted by molar-refractivity contribution is 6.23. The largest absolute Gasteiger partial charge is 0.0636 e. The third kappa shape index (κ3) is 4.00. The van der Waals surface area contributed by atoms with Crippen LogP contribution in [0.15, 0.2) is 169 Å². The summed E-state index contributed by atoms with van der Waals surface area (Å²) in [6, 6.07) is -28.6. The van der Waals surface area contributed by atoms with Gasteiger partial charge >= 0.3 is 0 Å². The Hall–Kier alpha value is -5.46. The Morgan fingerprint density at radius 2 is 0.810 bits per heavy atom. The first-order valence-electron chi connectivity index (χ1n) is 26.2. The summed E-state index contributed by atoms with van der Waals surface area (Å²) in [4.78, 5) is 0. The summed E-state index contributed by atoms with van der Waals surface area (Å²) in [6.45, 7) is 0. The molecule has 0 radical (unpaired) electrons. The smallest absolute Gasteiger partial charge is 0.0622 e. The molecular formula is C42H28. The molecule has 0 aliphatic rings. The van der Waals surface area contributed by atoms with E-state index in [1.54, 1.807) is 0 Å². The van der Waals surface area contributed by atoms with Gasteiger partial charge in [-0.05, 0) is 82.9 Å². The molecule has 8 aromatic rings. The third-order valence-corrected chi connectivity index (χ3v) is 6.50. The molecule has 0 spiro atoms. The van der Waals surface area contributed by atoms with Crippen molar-refractivity contribution in [1.82, 2.24) is 0 Å². The zero-order chi connectivity index (χ0) is 52.2. The van der Waals surface area contributed by atoms with Crippen LogP contribution in [0.3, 0.4) is 0 Å². The van der Waals surface area contributed by atoms with Crippen molar-refractivity contribution in [3.8, 4) is 44.5 Å². The maximum absolute atomic E-state index is 10.1. The molecule has 42 heavy (non-hydrogen) atoms. The van der Waals surface area contributed by atoms with Crippen LogP contribution in [-0.2, 0) is 0 Å². The minimum atomic E-state index is -1.15. The van der Waals surface area contributed by atoms with Gasteiger partial charge in [0.1, 0.15) is 0 Å². The predicted octanol–water partition coefficient (Wildman–Crippen LogP) is 11.8. The lowest BCUT2D eigenvalue weighted by atomic mass is 9.83. The molecule has 0 amide bonds. The maximum Gasteiger partial charge on any atom is 0.0636 e. The molecule has 0 aliphatic heterocycles. The van der Waals surface area contributed by atoms with Gasteiger partial charge in [0, 0.05) is 0 Å². The molecule has 0 atom stereocenters. The highest BCUT2D eigenvalue weighted by Gasteiger charge is 2.19. The van der Waals surface area contributed by atoms with Crippen LogP contribution in [0.4, 0.5) is 0 Å². The second-order valence-electron chi connectivity index (χ2n) is 8.75. The molecule has 0 heteroatoms. The van der Waals surface area contributed by atoms with Gasteiger partial charge < -0.3 is 0 Å². The molecule has 0 heterocycles. The molecule has 196 valence electrons. The van der Waals surface area contributed by atoms with Crippen LogP contribution in [0.5, 0.6) is 0 Å². The Labute approximate surface area is 285 Å². The van der Waals surface area contributed by atoms with Crippen molar-refractivity contribution in [1.29, 1.82) is 0 Å². The first kappa shape index (κ1) is 9.02. The molecule has 0 nitrogen and oxygen atoms in total. The van der Waals surface area contributed by atoms with E-state index in [1.807, 2.05) is 0 Å². The summed E-state index contributed by atoms with van der Waals surface area (Å²) in [5.41, 5.74) is -7.03. The highest BCUT2D eigenvalue weighted by Crippen LogP contribution is 2.47. The zero-order valence-corrected chi connectivity index (χ0v) is 21.0. The van der Waals surface area contributed by atoms with Gasteiger partial charge in [-0.3, -0.25) is 0 Å². The van der Waals surface area contributed by atoms with Gasteiger partial charge in [0.2, 0.25) is 0 Å². The van der Waals surface area contributed by atoms with Crippen molar-refractivity contribution < 1.29 is 38.4 Å². The Kier molecular flexibility index (Phi) is 2.19. The number of hydrogen-bond donors (Lipinski definition) is 0. The topological polar surface area (TPSA) is 0 Å². The fraction of sp³-hybridized carbons (Fsp3) is 0. The van der Waals surface area contributed by atoms with Crippen LogP contribution in [0.1, 0.15) is 38.4 Å². The van der Waals surface area contributed by atoms with Crippen molar-refractivity contribution in [3.05, 3.63) is 169 Å². The molecule has 0 aliphatic carbocycles. The van der Waals surface area contributed by atoms with E-state index in [2.05, 4.69) is 0 Å². The Bertz CT molecular complexity index is 3730. The highest BCUT2D eigenvalue weighted by atomic mass is 14.2. The van der Waals surface area contributed by atoms with E-state index in [0.29, 0.717) is 0 Å². The Morgan fingerprint density at radius 3 is 1.57 bits per heavy atom. The van der Waals surface area contributed by atoms with Crippen LogP contribution in [0.25, 0.3) is 76.8 Å². The van der Waals surface area contributed by atoms with Gasteiger partial charge in [-0.15, -0.1) is 0 Å². The maximum atomic E-state index is 10.1. The Balaban J connectivity index is 1.87. The van der Waals surface area contributed by atoms with Gasteiger partial charge in [0.15, 0.2) is 0 Å². The van der Waals surface area contributed by atoms with E-state index < -0.39 is 246 Å². The molecule has 0 aromatic heterocycles. The molecule has 8 aromatic carbocycles. The molecule has 0 saturated heterocycles. The standard InChI is InChI=1S/C42H28/c1-3-14-29(15-4-1)34-21-9-10-22-36(34)42-38-24-12-11-23-37(38)41(31-17-5-2-6-18-31)39-27-26-32(28-40(39)42)35-25-13-19-30-16-7-8-20-33(30)35/h1-28H/i1D,2D,3D,4D,5D,6D,7D,8D,9D,10D,11D,12D,13D,14D,15D,16D,17D,18D,19D,20D,21D,22D,23D,24D,25D,26D,27D,28D. The second kappa shape index (κ2) is 10.2. The van der Waals surface area contributed by atoms with Crippen molar-refractivity contribution in [2.75, 3.05) is 0 Å². The molecule has 0 N–H and O–H groups in total. The first-order valence-corrected chi connectivity index (χ1v) is 12.2. The summed E-state index contributed by atoms with van der Waals surface area (Å²) in [5.74, 6) is 0. The van der Waals surface area contributed by atoms with E-state index in [9.17, 15) is 9.60 Å². The van der Waals surface area contributed by atoms with Crippen LogP contribution >= 0.6 is 0 Å². The quantitative estimate of drug-likeness (QED) is 0.188. The summed E-state index contributed by atoms with van der Waals surface area (Å²) >= 11 is 0. The number of fused-ring (bicyclic) bond motifs is 3. The average Bonchev–Trinajstić information content (AvgIpc) is 3.33. The predicted molar refractivity (Wildman–Crippen MR) is 181 cm³/mol. The normalized spacial score (nSPS) is 20.7. The number of benzene rings is 8. The van der Waals surface area contributed by atoms with Gasteiger partial charge in [-0.1, -0.05) is 163 Å². The summed E-state index contributed by atoms with van der Waals surface area (Å²) in [7, 11) is 0. The molecule has 0 saturated carbocycles. The fourth-order valence-electron chi connectivity index (χ4n) is 4.78. The molecule has 8 rings (SSSR count). The van der Waals surface area contributed by atoms with E-state index >= 15 is 0 Å². The van der Waals surface area contributed by atoms with Crippen LogP contribution < -0.4 is 0 Å². The number of hydrogen-bond acceptors (Lipinski definition) is 0. The fourth-order valence-corrected chi connectivity index (χ4v) is 4.78. The van der Waals surface area contributed by atoms with Crippen molar-refractivity contribution in [3.63, 3.8) is 0 Å². The monoisotopic (exact) mass is 560 g/mol. The van der Waals surface area contributed by atoms with Crippen molar-refractivity contribution in [2.24, 2.45) is 0 Å². The third-order valence-electron chi connectivity index (χ3n) is 6.50. The van der Waals surface area contributed by atoms with Gasteiger partial charge in [-0.2, -0.15) is 0 Å². The van der Waals surface area contributed by atoms with E-state index in [-0.39, 0.29) is 0 Å². The van der Waals surface area contributed by atoms with E-state index in [4.69, 9.17) is 28.8 Å². The zero-order valence-electron chi connectivity index (χ0n) is 49.0. The molecule has 0 bridgehead atoms. The summed E-state index contributed by atoms with van der Waals surface area (Å²) < 4.78 is 250. The van der Waals surface area contributed by atoms with E-state index in [1.165, 1.54) is 0 Å². The van der Waals surface area contributed by atoms with Gasteiger partial charge in [-0.25, -0.2) is 0 Å². The van der Waals surface area contributed by atoms with Crippen molar-refractivity contribution >= 4 is 32.3 Å². The lowest BCUT2D eigenvalue weighted by Crippen LogP contribution is -1.93.